The van der Waals surface area contributed by atoms with Crippen LogP contribution in [-0.4, -0.2) is 31.0 Å². The number of carboxylic acid groups (broad SMARTS) is 1. The number of anilines is 2. The van der Waals surface area contributed by atoms with Crippen molar-refractivity contribution in [3.05, 3.63) is 36.4 Å². The summed E-state index contributed by atoms with van der Waals surface area (Å²) >= 11 is 0. The number of rotatable bonds is 4. The topological polar surface area (TPSA) is 101 Å². The Bertz CT molecular complexity index is 613. The zero-order valence-electron chi connectivity index (χ0n) is 9.95. The third-order valence-corrected chi connectivity index (χ3v) is 2.79. The van der Waals surface area contributed by atoms with Crippen LogP contribution in [0, 0.1) is 0 Å². The van der Waals surface area contributed by atoms with Crippen molar-refractivity contribution in [3.8, 4) is 0 Å². The monoisotopic (exact) mass is 257 g/mol. The van der Waals surface area contributed by atoms with Gasteiger partial charge in [-0.05, 0) is 12.8 Å². The van der Waals surface area contributed by atoms with Crippen LogP contribution in [-0.2, 0) is 0 Å². The van der Waals surface area contributed by atoms with Crippen molar-refractivity contribution in [2.45, 2.75) is 18.8 Å². The van der Waals surface area contributed by atoms with Crippen LogP contribution < -0.4 is 5.32 Å². The van der Waals surface area contributed by atoms with E-state index in [2.05, 4.69) is 25.3 Å². The molecule has 0 saturated heterocycles. The third-order valence-electron chi connectivity index (χ3n) is 2.79. The van der Waals surface area contributed by atoms with E-state index in [4.69, 9.17) is 0 Å². The van der Waals surface area contributed by atoms with Gasteiger partial charge in [0.05, 0.1) is 30.0 Å². The highest BCUT2D eigenvalue weighted by atomic mass is 16.4. The first-order valence-electron chi connectivity index (χ1n) is 5.86. The summed E-state index contributed by atoms with van der Waals surface area (Å²) in [6, 6.07) is 0. The quantitative estimate of drug-likeness (QED) is 0.857. The fourth-order valence-corrected chi connectivity index (χ4v) is 1.71. The van der Waals surface area contributed by atoms with Gasteiger partial charge >= 0.3 is 5.97 Å². The Balaban J connectivity index is 1.93. The van der Waals surface area contributed by atoms with Gasteiger partial charge in [0.2, 0.25) is 0 Å². The van der Waals surface area contributed by atoms with E-state index < -0.39 is 5.97 Å². The maximum absolute atomic E-state index is 11.2. The second kappa shape index (κ2) is 4.60. The van der Waals surface area contributed by atoms with Crippen LogP contribution in [0.1, 0.15) is 35.1 Å². The number of hydrogen-bond acceptors (Lipinski definition) is 6. The molecule has 2 aromatic heterocycles. The molecule has 1 aliphatic rings. The van der Waals surface area contributed by atoms with Crippen molar-refractivity contribution < 1.29 is 9.90 Å². The fraction of sp³-hybridized carbons (Fsp3) is 0.250. The van der Waals surface area contributed by atoms with E-state index in [0.29, 0.717) is 23.1 Å². The van der Waals surface area contributed by atoms with Crippen molar-refractivity contribution in [1.29, 1.82) is 0 Å². The van der Waals surface area contributed by atoms with E-state index in [1.54, 1.807) is 12.4 Å². The predicted octanol–water partition coefficient (Wildman–Crippen LogP) is 1.59. The van der Waals surface area contributed by atoms with Gasteiger partial charge in [-0.2, -0.15) is 0 Å². The minimum atomic E-state index is -1.08. The van der Waals surface area contributed by atoms with Gasteiger partial charge in [0.1, 0.15) is 12.2 Å². The van der Waals surface area contributed by atoms with Crippen molar-refractivity contribution in [2.24, 2.45) is 0 Å². The molecule has 2 aromatic rings. The van der Waals surface area contributed by atoms with E-state index in [9.17, 15) is 9.90 Å². The molecular formula is C12H11N5O2. The molecule has 0 unspecified atom stereocenters. The summed E-state index contributed by atoms with van der Waals surface area (Å²) < 4.78 is 0. The Hall–Kier alpha value is -2.57. The van der Waals surface area contributed by atoms with E-state index in [1.165, 1.54) is 12.5 Å². The van der Waals surface area contributed by atoms with Crippen LogP contribution in [0.2, 0.25) is 0 Å². The van der Waals surface area contributed by atoms with Gasteiger partial charge in [-0.1, -0.05) is 0 Å². The number of aromatic carboxylic acids is 1. The number of nitrogens with one attached hydrogen (secondary N) is 1. The lowest BCUT2D eigenvalue weighted by molar-refractivity contribution is 0.0691. The summed E-state index contributed by atoms with van der Waals surface area (Å²) in [4.78, 5) is 27.3. The molecule has 2 N–H and O–H groups in total. The lowest BCUT2D eigenvalue weighted by atomic mass is 10.3. The second-order valence-corrected chi connectivity index (χ2v) is 4.32. The molecule has 3 rings (SSSR count). The van der Waals surface area contributed by atoms with Crippen molar-refractivity contribution in [1.82, 2.24) is 19.9 Å². The molecule has 19 heavy (non-hydrogen) atoms. The zero-order valence-corrected chi connectivity index (χ0v) is 9.95. The first-order chi connectivity index (χ1) is 9.24. The number of hydrogen-bond donors (Lipinski definition) is 2. The molecule has 7 nitrogen and oxygen atoms in total. The summed E-state index contributed by atoms with van der Waals surface area (Å²) in [6.45, 7) is 0. The highest BCUT2D eigenvalue weighted by Gasteiger charge is 2.28. The number of nitrogens with zero attached hydrogens (tertiary/aromatic N) is 4. The Morgan fingerprint density at radius 2 is 2.00 bits per heavy atom. The van der Waals surface area contributed by atoms with Gasteiger partial charge in [-0.25, -0.2) is 24.7 Å². The van der Waals surface area contributed by atoms with Crippen molar-refractivity contribution in [3.63, 3.8) is 0 Å². The van der Waals surface area contributed by atoms with Crippen molar-refractivity contribution in [2.75, 3.05) is 5.32 Å². The van der Waals surface area contributed by atoms with Crippen LogP contribution in [0.15, 0.2) is 24.9 Å². The standard InChI is InChI=1S/C12H11N5O2/c18-12(19)10-9(16-8-3-13-6-14-4-8)5-15-11(17-10)7-1-2-7/h3-7,16H,1-2H2,(H,18,19). The largest absolute Gasteiger partial charge is 0.476 e. The number of aromatic nitrogens is 4. The van der Waals surface area contributed by atoms with Crippen LogP contribution in [0.5, 0.6) is 0 Å². The average molecular weight is 257 g/mol. The molecule has 0 spiro atoms. The van der Waals surface area contributed by atoms with Crippen LogP contribution >= 0.6 is 0 Å². The zero-order chi connectivity index (χ0) is 13.2. The van der Waals surface area contributed by atoms with E-state index >= 15 is 0 Å². The summed E-state index contributed by atoms with van der Waals surface area (Å²) in [5, 5.41) is 12.1. The van der Waals surface area contributed by atoms with Gasteiger partial charge in [0.15, 0.2) is 5.69 Å². The van der Waals surface area contributed by atoms with Crippen LogP contribution in [0.25, 0.3) is 0 Å². The molecule has 0 aromatic carbocycles. The Labute approximate surface area is 108 Å². The fourth-order valence-electron chi connectivity index (χ4n) is 1.71. The molecule has 1 fully saturated rings. The molecule has 0 radical (unpaired) electrons. The molecule has 0 aliphatic heterocycles. The first kappa shape index (κ1) is 11.5. The van der Waals surface area contributed by atoms with Gasteiger partial charge < -0.3 is 10.4 Å². The van der Waals surface area contributed by atoms with E-state index in [0.717, 1.165) is 12.8 Å². The lowest BCUT2D eigenvalue weighted by Crippen LogP contribution is -2.09. The Kier molecular flexibility index (Phi) is 2.79. The number of carboxylic acids is 1. The summed E-state index contributed by atoms with van der Waals surface area (Å²) in [6.07, 6.45) is 8.05. The first-order valence-corrected chi connectivity index (χ1v) is 5.86. The normalized spacial score (nSPS) is 14.1. The van der Waals surface area contributed by atoms with Crippen LogP contribution in [0.3, 0.4) is 0 Å². The molecule has 2 heterocycles. The van der Waals surface area contributed by atoms with Crippen molar-refractivity contribution >= 4 is 17.3 Å². The molecule has 0 amide bonds. The van der Waals surface area contributed by atoms with Gasteiger partial charge in [-0.15, -0.1) is 0 Å². The second-order valence-electron chi connectivity index (χ2n) is 4.32. The lowest BCUT2D eigenvalue weighted by Gasteiger charge is -2.08. The Morgan fingerprint density at radius 3 is 2.63 bits per heavy atom. The van der Waals surface area contributed by atoms with Gasteiger partial charge in [0, 0.05) is 5.92 Å². The van der Waals surface area contributed by atoms with E-state index in [1.807, 2.05) is 0 Å². The molecule has 7 heteroatoms. The SMILES string of the molecule is O=C(O)c1nc(C2CC2)ncc1Nc1cncnc1. The van der Waals surface area contributed by atoms with Gasteiger partial charge in [-0.3, -0.25) is 0 Å². The minimum Gasteiger partial charge on any atom is -0.476 e. The maximum Gasteiger partial charge on any atom is 0.356 e. The molecule has 96 valence electrons. The summed E-state index contributed by atoms with van der Waals surface area (Å²) in [5.41, 5.74) is 0.903. The summed E-state index contributed by atoms with van der Waals surface area (Å²) in [7, 11) is 0. The Morgan fingerprint density at radius 1 is 1.26 bits per heavy atom. The molecule has 1 saturated carbocycles. The molecule has 0 bridgehead atoms. The maximum atomic E-state index is 11.2. The third kappa shape index (κ3) is 2.49. The minimum absolute atomic E-state index is 0.0271. The highest BCUT2D eigenvalue weighted by Crippen LogP contribution is 2.38. The molecule has 0 atom stereocenters. The van der Waals surface area contributed by atoms with Gasteiger partial charge in [0.25, 0.3) is 0 Å². The summed E-state index contributed by atoms with van der Waals surface area (Å²) in [5.74, 6) is -0.164. The van der Waals surface area contributed by atoms with E-state index in [-0.39, 0.29) is 5.69 Å². The molecular weight excluding hydrogens is 246 g/mol. The number of carbonyl (C=O) groups is 1. The van der Waals surface area contributed by atoms with Crippen LogP contribution in [0.4, 0.5) is 11.4 Å². The highest BCUT2D eigenvalue weighted by molar-refractivity contribution is 5.92. The predicted molar refractivity (Wildman–Crippen MR) is 66.3 cm³/mol. The smallest absolute Gasteiger partial charge is 0.356 e. The average Bonchev–Trinajstić information content (AvgIpc) is 3.24. The molecule has 1 aliphatic carbocycles.